The molecule has 13 heavy (non-hydrogen) atoms. The van der Waals surface area contributed by atoms with Gasteiger partial charge in [0.05, 0.1) is 10.1 Å². The van der Waals surface area contributed by atoms with E-state index in [0.717, 1.165) is 0 Å². The molecule has 0 heterocycles. The van der Waals surface area contributed by atoms with E-state index in [4.69, 9.17) is 0 Å². The van der Waals surface area contributed by atoms with E-state index in [9.17, 15) is 17.8 Å². The molecule has 0 aliphatic rings. The summed E-state index contributed by atoms with van der Waals surface area (Å²) in [6.45, 7) is 3.71. The number of nitrogens with one attached hydrogen (secondary N) is 1. The van der Waals surface area contributed by atoms with Crippen LogP contribution in [0.3, 0.4) is 0 Å². The van der Waals surface area contributed by atoms with Crippen LogP contribution in [0.5, 0.6) is 0 Å². The van der Waals surface area contributed by atoms with Gasteiger partial charge in [-0.05, 0) is 6.42 Å². The summed E-state index contributed by atoms with van der Waals surface area (Å²) in [4.78, 5) is 10.9. The minimum Gasteiger partial charge on any atom is -0.748 e. The van der Waals surface area contributed by atoms with Crippen molar-refractivity contribution in [2.24, 2.45) is 5.92 Å². The normalized spacial score (nSPS) is 11.7. The van der Waals surface area contributed by atoms with Gasteiger partial charge >= 0.3 is 0 Å². The fourth-order valence-corrected chi connectivity index (χ4v) is 1.16. The molecule has 0 rings (SSSR count). The maximum atomic E-state index is 10.9. The molecule has 0 fully saturated rings. The molecule has 0 bridgehead atoms. The third-order valence-electron chi connectivity index (χ3n) is 1.39. The molecule has 6 heteroatoms. The SMILES string of the molecule is CC(C)C(=O)NCCCS(=O)(=O)[O-]. The summed E-state index contributed by atoms with van der Waals surface area (Å²) in [5.74, 6) is -0.682. The first-order valence-electron chi connectivity index (χ1n) is 4.04. The van der Waals surface area contributed by atoms with Crippen molar-refractivity contribution in [3.63, 3.8) is 0 Å². The average molecular weight is 208 g/mol. The first-order chi connectivity index (χ1) is 5.83. The Morgan fingerprint density at radius 2 is 2.00 bits per heavy atom. The topological polar surface area (TPSA) is 86.3 Å². The van der Waals surface area contributed by atoms with Gasteiger partial charge in [0.2, 0.25) is 5.91 Å². The molecule has 0 saturated heterocycles. The Morgan fingerprint density at radius 1 is 1.46 bits per heavy atom. The Balaban J connectivity index is 3.53. The van der Waals surface area contributed by atoms with Crippen LogP contribution in [0.2, 0.25) is 0 Å². The fourth-order valence-electron chi connectivity index (χ4n) is 0.665. The smallest absolute Gasteiger partial charge is 0.222 e. The van der Waals surface area contributed by atoms with Gasteiger partial charge in [-0.25, -0.2) is 8.42 Å². The average Bonchev–Trinajstić information content (AvgIpc) is 1.95. The Morgan fingerprint density at radius 3 is 2.38 bits per heavy atom. The van der Waals surface area contributed by atoms with E-state index in [-0.39, 0.29) is 24.8 Å². The van der Waals surface area contributed by atoms with Crippen LogP contribution in [0.4, 0.5) is 0 Å². The van der Waals surface area contributed by atoms with Crippen molar-refractivity contribution in [3.05, 3.63) is 0 Å². The fraction of sp³-hybridized carbons (Fsp3) is 0.857. The van der Waals surface area contributed by atoms with Gasteiger partial charge in [-0.2, -0.15) is 0 Å². The van der Waals surface area contributed by atoms with Crippen molar-refractivity contribution < 1.29 is 17.8 Å². The molecule has 0 radical (unpaired) electrons. The van der Waals surface area contributed by atoms with Crippen molar-refractivity contribution in [1.82, 2.24) is 5.32 Å². The van der Waals surface area contributed by atoms with Gasteiger partial charge in [0.15, 0.2) is 0 Å². The van der Waals surface area contributed by atoms with Crippen molar-refractivity contribution in [2.75, 3.05) is 12.3 Å². The van der Waals surface area contributed by atoms with Gasteiger partial charge < -0.3 is 9.87 Å². The number of rotatable bonds is 5. The molecule has 0 aromatic rings. The molecule has 0 saturated carbocycles. The summed E-state index contributed by atoms with van der Waals surface area (Å²) in [6, 6.07) is 0. The highest BCUT2D eigenvalue weighted by molar-refractivity contribution is 7.85. The van der Waals surface area contributed by atoms with Gasteiger partial charge in [-0.3, -0.25) is 4.79 Å². The van der Waals surface area contributed by atoms with E-state index in [1.165, 1.54) is 0 Å². The van der Waals surface area contributed by atoms with Crippen molar-refractivity contribution >= 4 is 16.0 Å². The Labute approximate surface area is 78.3 Å². The molecule has 1 N–H and O–H groups in total. The molecular weight excluding hydrogens is 194 g/mol. The Kier molecular flexibility index (Phi) is 4.94. The molecule has 0 atom stereocenters. The highest BCUT2D eigenvalue weighted by Crippen LogP contribution is 1.91. The summed E-state index contributed by atoms with van der Waals surface area (Å²) in [6.07, 6.45) is 0.171. The van der Waals surface area contributed by atoms with Crippen LogP contribution in [0.15, 0.2) is 0 Å². The predicted molar refractivity (Wildman–Crippen MR) is 47.0 cm³/mol. The summed E-state index contributed by atoms with van der Waals surface area (Å²) >= 11 is 0. The van der Waals surface area contributed by atoms with E-state index in [1.54, 1.807) is 13.8 Å². The van der Waals surface area contributed by atoms with E-state index in [0.29, 0.717) is 0 Å². The van der Waals surface area contributed by atoms with Crippen LogP contribution < -0.4 is 5.32 Å². The van der Waals surface area contributed by atoms with Crippen LogP contribution >= 0.6 is 0 Å². The van der Waals surface area contributed by atoms with Gasteiger partial charge in [-0.15, -0.1) is 0 Å². The number of carbonyl (C=O) groups is 1. The number of hydrogen-bond donors (Lipinski definition) is 1. The lowest BCUT2D eigenvalue weighted by atomic mass is 10.2. The molecule has 5 nitrogen and oxygen atoms in total. The van der Waals surface area contributed by atoms with Crippen LogP contribution in [-0.4, -0.2) is 31.2 Å². The molecule has 0 aliphatic carbocycles. The van der Waals surface area contributed by atoms with Gasteiger partial charge in [0, 0.05) is 18.2 Å². The second kappa shape index (κ2) is 5.18. The summed E-state index contributed by atoms with van der Waals surface area (Å²) in [5.41, 5.74) is 0. The minimum absolute atomic E-state index is 0.121. The van der Waals surface area contributed by atoms with Crippen LogP contribution in [0, 0.1) is 5.92 Å². The maximum absolute atomic E-state index is 10.9. The lowest BCUT2D eigenvalue weighted by Crippen LogP contribution is -2.29. The highest BCUT2D eigenvalue weighted by Gasteiger charge is 2.05. The summed E-state index contributed by atoms with van der Waals surface area (Å²) in [5, 5.41) is 2.51. The summed E-state index contributed by atoms with van der Waals surface area (Å²) < 4.78 is 30.4. The zero-order chi connectivity index (χ0) is 10.5. The lowest BCUT2D eigenvalue weighted by molar-refractivity contribution is -0.123. The molecule has 0 unspecified atom stereocenters. The van der Waals surface area contributed by atoms with Crippen LogP contribution in [-0.2, 0) is 14.9 Å². The molecular formula is C7H14NO4S-. The van der Waals surface area contributed by atoms with E-state index in [2.05, 4.69) is 5.32 Å². The first-order valence-corrected chi connectivity index (χ1v) is 5.62. The van der Waals surface area contributed by atoms with E-state index in [1.807, 2.05) is 0 Å². The van der Waals surface area contributed by atoms with Crippen molar-refractivity contribution in [1.29, 1.82) is 0 Å². The molecule has 78 valence electrons. The largest absolute Gasteiger partial charge is 0.748 e. The van der Waals surface area contributed by atoms with Crippen LogP contribution in [0.1, 0.15) is 20.3 Å². The zero-order valence-electron chi connectivity index (χ0n) is 7.74. The van der Waals surface area contributed by atoms with Crippen molar-refractivity contribution in [2.45, 2.75) is 20.3 Å². The maximum Gasteiger partial charge on any atom is 0.222 e. The van der Waals surface area contributed by atoms with Gasteiger partial charge in [0.25, 0.3) is 0 Å². The second-order valence-corrected chi connectivity index (χ2v) is 4.58. The van der Waals surface area contributed by atoms with Gasteiger partial charge in [0.1, 0.15) is 0 Å². The van der Waals surface area contributed by atoms with Gasteiger partial charge in [-0.1, -0.05) is 13.8 Å². The third kappa shape index (κ3) is 7.73. The van der Waals surface area contributed by atoms with E-state index < -0.39 is 15.9 Å². The quantitative estimate of drug-likeness (QED) is 0.496. The summed E-state index contributed by atoms with van der Waals surface area (Å²) in [7, 11) is -4.14. The molecule has 0 spiro atoms. The minimum atomic E-state index is -4.14. The lowest BCUT2D eigenvalue weighted by Gasteiger charge is -2.08. The number of hydrogen-bond acceptors (Lipinski definition) is 4. The third-order valence-corrected chi connectivity index (χ3v) is 2.18. The molecule has 0 aliphatic heterocycles. The zero-order valence-corrected chi connectivity index (χ0v) is 8.56. The number of amides is 1. The molecule has 0 aromatic carbocycles. The monoisotopic (exact) mass is 208 g/mol. The Hall–Kier alpha value is -0.620. The van der Waals surface area contributed by atoms with Crippen LogP contribution in [0.25, 0.3) is 0 Å². The Bertz CT molecular complexity index is 258. The van der Waals surface area contributed by atoms with E-state index >= 15 is 0 Å². The standard InChI is InChI=1S/C7H15NO4S/c1-6(2)7(9)8-4-3-5-13(10,11)12/h6H,3-5H2,1-2H3,(H,8,9)(H,10,11,12)/p-1. The molecule has 1 amide bonds. The van der Waals surface area contributed by atoms with Crippen molar-refractivity contribution in [3.8, 4) is 0 Å². The highest BCUT2D eigenvalue weighted by atomic mass is 32.2. The molecule has 0 aromatic heterocycles. The second-order valence-electron chi connectivity index (χ2n) is 3.06. The number of carbonyl (C=O) groups excluding carboxylic acids is 1. The first kappa shape index (κ1) is 12.4. The predicted octanol–water partition coefficient (Wildman–Crippen LogP) is -0.306.